The zero-order valence-corrected chi connectivity index (χ0v) is 14.9. The molecule has 1 aromatic carbocycles. The van der Waals surface area contributed by atoms with E-state index in [1.165, 1.54) is 4.31 Å². The van der Waals surface area contributed by atoms with Crippen LogP contribution in [0.3, 0.4) is 0 Å². The van der Waals surface area contributed by atoms with Gasteiger partial charge in [0, 0.05) is 25.5 Å². The summed E-state index contributed by atoms with van der Waals surface area (Å²) in [6.45, 7) is 2.67. The zero-order valence-electron chi connectivity index (χ0n) is 14.1. The molecule has 3 heterocycles. The highest BCUT2D eigenvalue weighted by atomic mass is 32.2. The number of nitrogens with zero attached hydrogens (tertiary/aromatic N) is 5. The first-order valence-corrected chi connectivity index (χ1v) is 9.71. The first-order valence-electron chi connectivity index (χ1n) is 8.27. The lowest BCUT2D eigenvalue weighted by Crippen LogP contribution is -2.48. The quantitative estimate of drug-likeness (QED) is 0.674. The molecule has 0 spiro atoms. The van der Waals surface area contributed by atoms with Gasteiger partial charge in [0.05, 0.1) is 17.0 Å². The summed E-state index contributed by atoms with van der Waals surface area (Å²) in [5.74, 6) is 0.653. The van der Waals surface area contributed by atoms with Crippen molar-refractivity contribution in [3.8, 4) is 11.5 Å². The standard InChI is InChI=1S/C17H17N5O3S/c1-2-12-3-5-14(6-4-12)26(23,24)22-10-13(11-22)17-20-16(21-25-17)15-9-18-7-8-19-15/h3-9,13H,2,10-11H2,1H3. The number of benzene rings is 1. The molecule has 8 nitrogen and oxygen atoms in total. The van der Waals surface area contributed by atoms with Crippen LogP contribution in [0.25, 0.3) is 11.5 Å². The minimum Gasteiger partial charge on any atom is -0.339 e. The maximum absolute atomic E-state index is 12.7. The SMILES string of the molecule is CCc1ccc(S(=O)(=O)N2CC(c3nc(-c4cnccn4)no3)C2)cc1. The van der Waals surface area contributed by atoms with Crippen molar-refractivity contribution in [1.29, 1.82) is 0 Å². The number of sulfonamides is 1. The lowest BCUT2D eigenvalue weighted by molar-refractivity contribution is 0.217. The van der Waals surface area contributed by atoms with Gasteiger partial charge in [0.15, 0.2) is 0 Å². The summed E-state index contributed by atoms with van der Waals surface area (Å²) in [4.78, 5) is 12.7. The van der Waals surface area contributed by atoms with Gasteiger partial charge < -0.3 is 4.52 Å². The highest BCUT2D eigenvalue weighted by Gasteiger charge is 2.40. The van der Waals surface area contributed by atoms with Crippen LogP contribution in [0, 0.1) is 0 Å². The van der Waals surface area contributed by atoms with E-state index in [-0.39, 0.29) is 5.92 Å². The molecule has 2 aromatic heterocycles. The van der Waals surface area contributed by atoms with Crippen molar-refractivity contribution in [3.63, 3.8) is 0 Å². The van der Waals surface area contributed by atoms with E-state index in [1.54, 1.807) is 30.7 Å². The molecule has 0 radical (unpaired) electrons. The lowest BCUT2D eigenvalue weighted by atomic mass is 10.0. The van der Waals surface area contributed by atoms with Crippen LogP contribution in [-0.2, 0) is 16.4 Å². The maximum atomic E-state index is 12.7. The Morgan fingerprint density at radius 2 is 1.96 bits per heavy atom. The van der Waals surface area contributed by atoms with Crippen LogP contribution in [0.4, 0.5) is 0 Å². The second-order valence-electron chi connectivity index (χ2n) is 6.06. The Balaban J connectivity index is 1.46. The Kier molecular flexibility index (Phi) is 4.25. The van der Waals surface area contributed by atoms with Crippen molar-refractivity contribution in [2.75, 3.05) is 13.1 Å². The van der Waals surface area contributed by atoms with Crippen LogP contribution in [0.1, 0.15) is 24.3 Å². The van der Waals surface area contributed by atoms with Crippen molar-refractivity contribution in [2.45, 2.75) is 24.2 Å². The highest BCUT2D eigenvalue weighted by molar-refractivity contribution is 7.89. The summed E-state index contributed by atoms with van der Waals surface area (Å²) in [6.07, 6.45) is 5.53. The van der Waals surface area contributed by atoms with E-state index in [0.29, 0.717) is 35.4 Å². The third-order valence-corrected chi connectivity index (χ3v) is 6.25. The van der Waals surface area contributed by atoms with Crippen molar-refractivity contribution in [2.24, 2.45) is 0 Å². The molecule has 1 aliphatic rings. The number of hydrogen-bond acceptors (Lipinski definition) is 7. The molecule has 0 saturated carbocycles. The number of aryl methyl sites for hydroxylation is 1. The summed E-state index contributed by atoms with van der Waals surface area (Å²) in [6, 6.07) is 6.99. The topological polar surface area (TPSA) is 102 Å². The molecule has 1 saturated heterocycles. The van der Waals surface area contributed by atoms with E-state index in [0.717, 1.165) is 12.0 Å². The average molecular weight is 371 g/mol. The fourth-order valence-corrected chi connectivity index (χ4v) is 4.29. The van der Waals surface area contributed by atoms with Crippen molar-refractivity contribution in [1.82, 2.24) is 24.4 Å². The van der Waals surface area contributed by atoms with Gasteiger partial charge in [0.2, 0.25) is 21.7 Å². The van der Waals surface area contributed by atoms with Gasteiger partial charge in [-0.3, -0.25) is 4.98 Å². The smallest absolute Gasteiger partial charge is 0.243 e. The molecule has 0 N–H and O–H groups in total. The van der Waals surface area contributed by atoms with Gasteiger partial charge >= 0.3 is 0 Å². The molecule has 3 aromatic rings. The van der Waals surface area contributed by atoms with Crippen molar-refractivity contribution in [3.05, 3.63) is 54.3 Å². The number of hydrogen-bond donors (Lipinski definition) is 0. The largest absolute Gasteiger partial charge is 0.339 e. The monoisotopic (exact) mass is 371 g/mol. The molecule has 0 unspecified atom stereocenters. The highest BCUT2D eigenvalue weighted by Crippen LogP contribution is 2.31. The summed E-state index contributed by atoms with van der Waals surface area (Å²) < 4.78 is 32.0. The molecule has 9 heteroatoms. The molecule has 26 heavy (non-hydrogen) atoms. The molecule has 0 bridgehead atoms. The molecule has 0 amide bonds. The molecule has 4 rings (SSSR count). The van der Waals surface area contributed by atoms with Gasteiger partial charge in [0.25, 0.3) is 0 Å². The van der Waals surface area contributed by atoms with Gasteiger partial charge in [-0.1, -0.05) is 24.2 Å². The van der Waals surface area contributed by atoms with E-state index in [4.69, 9.17) is 4.52 Å². The Morgan fingerprint density at radius 1 is 1.19 bits per heavy atom. The minimum absolute atomic E-state index is 0.113. The average Bonchev–Trinajstić information content (AvgIpc) is 3.10. The van der Waals surface area contributed by atoms with Crippen molar-refractivity contribution < 1.29 is 12.9 Å². The Morgan fingerprint density at radius 3 is 2.62 bits per heavy atom. The summed E-state index contributed by atoms with van der Waals surface area (Å²) in [5.41, 5.74) is 1.62. The van der Waals surface area contributed by atoms with E-state index < -0.39 is 10.0 Å². The predicted octanol–water partition coefficient (Wildman–Crippen LogP) is 1.88. The molecule has 134 valence electrons. The van der Waals surface area contributed by atoms with Gasteiger partial charge in [-0.2, -0.15) is 9.29 Å². The maximum Gasteiger partial charge on any atom is 0.243 e. The summed E-state index contributed by atoms with van der Waals surface area (Å²) in [7, 11) is -3.49. The molecule has 0 atom stereocenters. The van der Waals surface area contributed by atoms with Crippen LogP contribution >= 0.6 is 0 Å². The summed E-state index contributed by atoms with van der Waals surface area (Å²) >= 11 is 0. The number of rotatable bonds is 5. The zero-order chi connectivity index (χ0) is 18.1. The third kappa shape index (κ3) is 2.99. The van der Waals surface area contributed by atoms with E-state index in [1.807, 2.05) is 19.1 Å². The van der Waals surface area contributed by atoms with Gasteiger partial charge in [-0.05, 0) is 24.1 Å². The first kappa shape index (κ1) is 16.8. The van der Waals surface area contributed by atoms with Gasteiger partial charge in [-0.15, -0.1) is 0 Å². The molecular formula is C17H17N5O3S. The Hall–Kier alpha value is -2.65. The van der Waals surface area contributed by atoms with Crippen LogP contribution in [-0.4, -0.2) is 45.9 Å². The van der Waals surface area contributed by atoms with E-state index in [9.17, 15) is 8.42 Å². The fourth-order valence-electron chi connectivity index (χ4n) is 2.76. The third-order valence-electron chi connectivity index (χ3n) is 4.40. The molecule has 1 fully saturated rings. The predicted molar refractivity (Wildman–Crippen MR) is 92.6 cm³/mol. The van der Waals surface area contributed by atoms with Gasteiger partial charge in [0.1, 0.15) is 5.69 Å². The second-order valence-corrected chi connectivity index (χ2v) is 8.00. The van der Waals surface area contributed by atoms with Gasteiger partial charge in [-0.25, -0.2) is 13.4 Å². The fraction of sp³-hybridized carbons (Fsp3) is 0.294. The van der Waals surface area contributed by atoms with Crippen LogP contribution in [0.2, 0.25) is 0 Å². The second kappa shape index (κ2) is 6.58. The minimum atomic E-state index is -3.49. The normalized spacial score (nSPS) is 15.7. The molecule has 0 aliphatic carbocycles. The van der Waals surface area contributed by atoms with Crippen LogP contribution in [0.5, 0.6) is 0 Å². The Bertz CT molecular complexity index is 996. The molecule has 1 aliphatic heterocycles. The first-order chi connectivity index (χ1) is 12.6. The van der Waals surface area contributed by atoms with E-state index in [2.05, 4.69) is 20.1 Å². The molecular weight excluding hydrogens is 354 g/mol. The van der Waals surface area contributed by atoms with Crippen LogP contribution in [0.15, 0.2) is 52.3 Å². The lowest BCUT2D eigenvalue weighted by Gasteiger charge is -2.35. The summed E-state index contributed by atoms with van der Waals surface area (Å²) in [5, 5.41) is 3.90. The van der Waals surface area contributed by atoms with Crippen molar-refractivity contribution >= 4 is 10.0 Å². The van der Waals surface area contributed by atoms with E-state index >= 15 is 0 Å². The van der Waals surface area contributed by atoms with Crippen LogP contribution < -0.4 is 0 Å². The Labute approximate surface area is 151 Å². The number of aromatic nitrogens is 4.